The van der Waals surface area contributed by atoms with E-state index in [1.807, 2.05) is 18.2 Å². The molecule has 1 aromatic heterocycles. The normalized spacial score (nSPS) is 10.1. The predicted octanol–water partition coefficient (Wildman–Crippen LogP) is 4.70. The maximum atomic E-state index is 5.95. The van der Waals surface area contributed by atoms with Crippen molar-refractivity contribution in [3.8, 4) is 11.3 Å². The van der Waals surface area contributed by atoms with Crippen LogP contribution in [0.15, 0.2) is 43.1 Å². The summed E-state index contributed by atoms with van der Waals surface area (Å²) in [5, 5.41) is 1.09. The Balaban J connectivity index is 2.42. The van der Waals surface area contributed by atoms with Gasteiger partial charge in [-0.05, 0) is 23.8 Å². The van der Waals surface area contributed by atoms with Crippen LogP contribution in [0.5, 0.6) is 0 Å². The standard InChI is InChI=1S/C13H9Cl2N/c1-2-9-3-6-13(16-8-9)10-4-5-11(14)12(15)7-10/h2-8H,1H2. The largest absolute Gasteiger partial charge is 0.256 e. The lowest BCUT2D eigenvalue weighted by molar-refractivity contribution is 1.31. The fourth-order valence-electron chi connectivity index (χ4n) is 1.35. The number of rotatable bonds is 2. The minimum atomic E-state index is 0.536. The van der Waals surface area contributed by atoms with Gasteiger partial charge in [0.2, 0.25) is 0 Å². The summed E-state index contributed by atoms with van der Waals surface area (Å²) in [6.07, 6.45) is 3.52. The molecule has 80 valence electrons. The van der Waals surface area contributed by atoms with Crippen molar-refractivity contribution in [2.24, 2.45) is 0 Å². The molecule has 0 N–H and O–H groups in total. The van der Waals surface area contributed by atoms with Crippen LogP contribution in [0.25, 0.3) is 17.3 Å². The van der Waals surface area contributed by atoms with Gasteiger partial charge in [-0.15, -0.1) is 0 Å². The number of aromatic nitrogens is 1. The van der Waals surface area contributed by atoms with E-state index in [9.17, 15) is 0 Å². The van der Waals surface area contributed by atoms with Crippen LogP contribution in [0.4, 0.5) is 0 Å². The zero-order valence-electron chi connectivity index (χ0n) is 8.45. The summed E-state index contributed by atoms with van der Waals surface area (Å²) in [5.41, 5.74) is 2.80. The summed E-state index contributed by atoms with van der Waals surface area (Å²) in [5.74, 6) is 0. The van der Waals surface area contributed by atoms with E-state index in [0.717, 1.165) is 16.8 Å². The Kier molecular flexibility index (Phi) is 3.28. The molecule has 0 spiro atoms. The highest BCUT2D eigenvalue weighted by Gasteiger charge is 2.02. The number of hydrogen-bond acceptors (Lipinski definition) is 1. The lowest BCUT2D eigenvalue weighted by Gasteiger charge is -2.03. The third-order valence-electron chi connectivity index (χ3n) is 2.24. The number of halogens is 2. The molecule has 0 saturated carbocycles. The summed E-state index contributed by atoms with van der Waals surface area (Å²) in [6, 6.07) is 9.35. The monoisotopic (exact) mass is 249 g/mol. The minimum absolute atomic E-state index is 0.536. The van der Waals surface area contributed by atoms with Crippen molar-refractivity contribution in [2.45, 2.75) is 0 Å². The maximum Gasteiger partial charge on any atom is 0.0702 e. The zero-order valence-corrected chi connectivity index (χ0v) is 9.96. The molecule has 0 unspecified atom stereocenters. The smallest absolute Gasteiger partial charge is 0.0702 e. The molecule has 0 aliphatic rings. The highest BCUT2D eigenvalue weighted by Crippen LogP contribution is 2.27. The molecule has 0 atom stereocenters. The number of benzene rings is 1. The van der Waals surface area contributed by atoms with Gasteiger partial charge in [0.05, 0.1) is 15.7 Å². The van der Waals surface area contributed by atoms with Gasteiger partial charge in [0.25, 0.3) is 0 Å². The second-order valence-corrected chi connectivity index (χ2v) is 4.12. The van der Waals surface area contributed by atoms with E-state index in [-0.39, 0.29) is 0 Å². The summed E-state index contributed by atoms with van der Waals surface area (Å²) < 4.78 is 0. The molecule has 0 saturated heterocycles. The zero-order chi connectivity index (χ0) is 11.5. The fraction of sp³-hybridized carbons (Fsp3) is 0. The van der Waals surface area contributed by atoms with E-state index in [1.165, 1.54) is 0 Å². The highest BCUT2D eigenvalue weighted by molar-refractivity contribution is 6.42. The minimum Gasteiger partial charge on any atom is -0.256 e. The molecule has 2 rings (SSSR count). The number of pyridine rings is 1. The Labute approximate surface area is 104 Å². The average molecular weight is 250 g/mol. The van der Waals surface area contributed by atoms with Gasteiger partial charge < -0.3 is 0 Å². The molecular weight excluding hydrogens is 241 g/mol. The molecule has 3 heteroatoms. The molecule has 0 amide bonds. The van der Waals surface area contributed by atoms with Gasteiger partial charge in [-0.25, -0.2) is 0 Å². The molecule has 2 aromatic rings. The van der Waals surface area contributed by atoms with Gasteiger partial charge in [-0.1, -0.05) is 48.0 Å². The van der Waals surface area contributed by atoms with E-state index >= 15 is 0 Å². The number of hydrogen-bond donors (Lipinski definition) is 0. The van der Waals surface area contributed by atoms with Crippen LogP contribution in [-0.4, -0.2) is 4.98 Å². The van der Waals surface area contributed by atoms with Crippen LogP contribution in [0.1, 0.15) is 5.56 Å². The van der Waals surface area contributed by atoms with Gasteiger partial charge in [-0.3, -0.25) is 4.98 Å². The van der Waals surface area contributed by atoms with Gasteiger partial charge >= 0.3 is 0 Å². The van der Waals surface area contributed by atoms with Crippen molar-refractivity contribution in [3.05, 3.63) is 58.7 Å². The van der Waals surface area contributed by atoms with E-state index in [2.05, 4.69) is 11.6 Å². The molecular formula is C13H9Cl2N. The topological polar surface area (TPSA) is 12.9 Å². The van der Waals surface area contributed by atoms with Crippen molar-refractivity contribution in [1.82, 2.24) is 4.98 Å². The predicted molar refractivity (Wildman–Crippen MR) is 69.8 cm³/mol. The van der Waals surface area contributed by atoms with Crippen LogP contribution < -0.4 is 0 Å². The van der Waals surface area contributed by atoms with Crippen molar-refractivity contribution in [2.75, 3.05) is 0 Å². The molecule has 0 fully saturated rings. The van der Waals surface area contributed by atoms with Crippen molar-refractivity contribution >= 4 is 29.3 Å². The van der Waals surface area contributed by atoms with Crippen LogP contribution in [0.3, 0.4) is 0 Å². The Morgan fingerprint density at radius 3 is 2.44 bits per heavy atom. The van der Waals surface area contributed by atoms with E-state index in [0.29, 0.717) is 10.0 Å². The molecule has 0 bridgehead atoms. The van der Waals surface area contributed by atoms with Gasteiger partial charge in [0, 0.05) is 11.8 Å². The van der Waals surface area contributed by atoms with Gasteiger partial charge in [0.1, 0.15) is 0 Å². The summed E-state index contributed by atoms with van der Waals surface area (Å²) in [4.78, 5) is 4.32. The molecule has 0 aliphatic heterocycles. The van der Waals surface area contributed by atoms with Crippen LogP contribution in [-0.2, 0) is 0 Å². The Morgan fingerprint density at radius 1 is 1.06 bits per heavy atom. The van der Waals surface area contributed by atoms with Crippen LogP contribution in [0, 0.1) is 0 Å². The first-order valence-corrected chi connectivity index (χ1v) is 5.50. The average Bonchev–Trinajstić information content (AvgIpc) is 2.33. The quantitative estimate of drug-likeness (QED) is 0.752. The Bertz CT molecular complexity index is 518. The van der Waals surface area contributed by atoms with Crippen molar-refractivity contribution in [1.29, 1.82) is 0 Å². The summed E-state index contributed by atoms with van der Waals surface area (Å²) in [6.45, 7) is 3.68. The molecule has 0 aliphatic carbocycles. The van der Waals surface area contributed by atoms with Gasteiger partial charge in [0.15, 0.2) is 0 Å². The molecule has 1 nitrogen and oxygen atoms in total. The second kappa shape index (κ2) is 4.69. The van der Waals surface area contributed by atoms with E-state index in [1.54, 1.807) is 24.4 Å². The lowest BCUT2D eigenvalue weighted by Crippen LogP contribution is -1.84. The first-order valence-electron chi connectivity index (χ1n) is 4.74. The third-order valence-corrected chi connectivity index (χ3v) is 2.98. The molecule has 1 heterocycles. The van der Waals surface area contributed by atoms with Gasteiger partial charge in [-0.2, -0.15) is 0 Å². The second-order valence-electron chi connectivity index (χ2n) is 3.31. The first-order chi connectivity index (χ1) is 7.70. The molecule has 16 heavy (non-hydrogen) atoms. The van der Waals surface area contributed by atoms with Crippen LogP contribution in [0.2, 0.25) is 10.0 Å². The summed E-state index contributed by atoms with van der Waals surface area (Å²) in [7, 11) is 0. The summed E-state index contributed by atoms with van der Waals surface area (Å²) >= 11 is 11.8. The first kappa shape index (κ1) is 11.2. The maximum absolute atomic E-state index is 5.95. The van der Waals surface area contributed by atoms with E-state index in [4.69, 9.17) is 23.2 Å². The molecule has 1 aromatic carbocycles. The fourth-order valence-corrected chi connectivity index (χ4v) is 1.65. The van der Waals surface area contributed by atoms with E-state index < -0.39 is 0 Å². The van der Waals surface area contributed by atoms with Crippen molar-refractivity contribution < 1.29 is 0 Å². The number of nitrogens with zero attached hydrogens (tertiary/aromatic N) is 1. The third kappa shape index (κ3) is 2.26. The Hall–Kier alpha value is -1.31. The van der Waals surface area contributed by atoms with Crippen molar-refractivity contribution in [3.63, 3.8) is 0 Å². The SMILES string of the molecule is C=Cc1ccc(-c2ccc(Cl)c(Cl)c2)nc1. The Morgan fingerprint density at radius 2 is 1.88 bits per heavy atom. The molecule has 0 radical (unpaired) electrons. The van der Waals surface area contributed by atoms with Crippen LogP contribution >= 0.6 is 23.2 Å². The lowest BCUT2D eigenvalue weighted by atomic mass is 10.1. The highest BCUT2D eigenvalue weighted by atomic mass is 35.5.